The molecule has 0 radical (unpaired) electrons. The fourth-order valence-corrected chi connectivity index (χ4v) is 2.81. The van der Waals surface area contributed by atoms with Crippen molar-refractivity contribution in [3.63, 3.8) is 0 Å². The number of rotatable bonds is 2. The van der Waals surface area contributed by atoms with Crippen molar-refractivity contribution in [3.05, 3.63) is 23.6 Å². The molecule has 100 valence electrons. The summed E-state index contributed by atoms with van der Waals surface area (Å²) >= 11 is 0. The van der Waals surface area contributed by atoms with E-state index in [-0.39, 0.29) is 11.7 Å². The van der Waals surface area contributed by atoms with E-state index in [1.807, 2.05) is 13.8 Å². The lowest BCUT2D eigenvalue weighted by Gasteiger charge is -2.36. The topological polar surface area (TPSA) is 16.1 Å². The summed E-state index contributed by atoms with van der Waals surface area (Å²) in [4.78, 5) is 6.84. The minimum absolute atomic E-state index is 0.172. The molecular formula is C15H23FN2. The Morgan fingerprint density at radius 1 is 1.22 bits per heavy atom. The molecule has 1 saturated heterocycles. The van der Waals surface area contributed by atoms with Gasteiger partial charge in [0.15, 0.2) is 0 Å². The quantitative estimate of drug-likeness (QED) is 0.793. The van der Waals surface area contributed by atoms with Crippen molar-refractivity contribution in [2.45, 2.75) is 40.0 Å². The van der Waals surface area contributed by atoms with Crippen LogP contribution < -0.4 is 4.90 Å². The summed E-state index contributed by atoms with van der Waals surface area (Å²) in [5.74, 6) is 2.20. The largest absolute Gasteiger partial charge is 0.356 e. The first-order valence-electron chi connectivity index (χ1n) is 6.88. The van der Waals surface area contributed by atoms with Gasteiger partial charge in [-0.2, -0.15) is 0 Å². The third-order valence-corrected chi connectivity index (χ3v) is 3.58. The highest BCUT2D eigenvalue weighted by molar-refractivity contribution is 5.41. The average molecular weight is 250 g/mol. The smallest absolute Gasteiger partial charge is 0.131 e. The zero-order valence-electron chi connectivity index (χ0n) is 11.8. The van der Waals surface area contributed by atoms with Crippen LogP contribution in [0.4, 0.5) is 10.2 Å². The van der Waals surface area contributed by atoms with Gasteiger partial charge < -0.3 is 4.90 Å². The first-order valence-corrected chi connectivity index (χ1v) is 6.88. The van der Waals surface area contributed by atoms with Crippen LogP contribution in [-0.4, -0.2) is 18.1 Å². The van der Waals surface area contributed by atoms with Crippen LogP contribution in [0.3, 0.4) is 0 Å². The maximum absolute atomic E-state index is 13.7. The molecular weight excluding hydrogens is 227 g/mol. The number of hydrogen-bond donors (Lipinski definition) is 0. The molecule has 3 heteroatoms. The van der Waals surface area contributed by atoms with Gasteiger partial charge in [-0.25, -0.2) is 9.37 Å². The Hall–Kier alpha value is -1.12. The van der Waals surface area contributed by atoms with E-state index < -0.39 is 0 Å². The molecule has 0 saturated carbocycles. The predicted molar refractivity (Wildman–Crippen MR) is 73.4 cm³/mol. The summed E-state index contributed by atoms with van der Waals surface area (Å²) in [5.41, 5.74) is 0.843. The number of halogens is 1. The first kappa shape index (κ1) is 13.3. The highest BCUT2D eigenvalue weighted by Gasteiger charge is 2.23. The van der Waals surface area contributed by atoms with E-state index in [1.54, 1.807) is 12.1 Å². The number of anilines is 1. The molecule has 0 N–H and O–H groups in total. The van der Waals surface area contributed by atoms with Crippen LogP contribution in [0.1, 0.15) is 45.7 Å². The minimum atomic E-state index is -0.172. The van der Waals surface area contributed by atoms with E-state index >= 15 is 0 Å². The van der Waals surface area contributed by atoms with Gasteiger partial charge in [-0.3, -0.25) is 0 Å². The summed E-state index contributed by atoms with van der Waals surface area (Å²) in [6.45, 7) is 10.6. The minimum Gasteiger partial charge on any atom is -0.356 e. The van der Waals surface area contributed by atoms with E-state index in [0.717, 1.165) is 24.6 Å². The lowest BCUT2D eigenvalue weighted by molar-refractivity contribution is 0.355. The van der Waals surface area contributed by atoms with Gasteiger partial charge in [0.25, 0.3) is 0 Å². The molecule has 1 aromatic heterocycles. The van der Waals surface area contributed by atoms with Crippen molar-refractivity contribution in [2.75, 3.05) is 18.0 Å². The van der Waals surface area contributed by atoms with Crippen molar-refractivity contribution in [3.8, 4) is 0 Å². The molecule has 0 aromatic carbocycles. The zero-order chi connectivity index (χ0) is 13.3. The number of piperidine rings is 1. The number of aromatic nitrogens is 1. The van der Waals surface area contributed by atoms with Crippen molar-refractivity contribution in [1.82, 2.24) is 4.98 Å². The SMILES string of the molecule is CC1CC(C)CN(c2cc(F)cc(C(C)C)n2)C1. The lowest BCUT2D eigenvalue weighted by Crippen LogP contribution is -2.39. The standard InChI is InChI=1S/C15H23FN2/c1-10(2)14-6-13(16)7-15(17-14)18-8-11(3)5-12(4)9-18/h6-7,10-12H,5,8-9H2,1-4H3. The number of hydrogen-bond acceptors (Lipinski definition) is 2. The Morgan fingerprint density at radius 2 is 1.83 bits per heavy atom. The summed E-state index contributed by atoms with van der Waals surface area (Å²) in [6, 6.07) is 3.11. The lowest BCUT2D eigenvalue weighted by atomic mass is 9.92. The molecule has 2 nitrogen and oxygen atoms in total. The van der Waals surface area contributed by atoms with Gasteiger partial charge in [-0.1, -0.05) is 27.7 Å². The molecule has 0 bridgehead atoms. The Kier molecular flexibility index (Phi) is 3.88. The first-order chi connectivity index (χ1) is 8.45. The van der Waals surface area contributed by atoms with Crippen LogP contribution in [0.25, 0.3) is 0 Å². The molecule has 1 aliphatic rings. The molecule has 1 aromatic rings. The zero-order valence-corrected chi connectivity index (χ0v) is 11.8. The van der Waals surface area contributed by atoms with Gasteiger partial charge in [0.05, 0.1) is 0 Å². The van der Waals surface area contributed by atoms with Crippen molar-refractivity contribution in [2.24, 2.45) is 11.8 Å². The second-order valence-corrected chi connectivity index (χ2v) is 6.07. The number of pyridine rings is 1. The summed E-state index contributed by atoms with van der Waals surface area (Å²) in [6.07, 6.45) is 1.25. The molecule has 1 fully saturated rings. The van der Waals surface area contributed by atoms with Gasteiger partial charge in [0.1, 0.15) is 11.6 Å². The second-order valence-electron chi connectivity index (χ2n) is 6.07. The van der Waals surface area contributed by atoms with Crippen LogP contribution in [0, 0.1) is 17.7 Å². The third kappa shape index (κ3) is 3.01. The normalized spacial score (nSPS) is 24.7. The van der Waals surface area contributed by atoms with Gasteiger partial charge in [-0.15, -0.1) is 0 Å². The summed E-state index contributed by atoms with van der Waals surface area (Å²) in [7, 11) is 0. The Balaban J connectivity index is 2.26. The highest BCUT2D eigenvalue weighted by Crippen LogP contribution is 2.26. The molecule has 0 aliphatic carbocycles. The molecule has 1 aliphatic heterocycles. The average Bonchev–Trinajstić information content (AvgIpc) is 2.26. The maximum atomic E-state index is 13.7. The highest BCUT2D eigenvalue weighted by atomic mass is 19.1. The van der Waals surface area contributed by atoms with Crippen molar-refractivity contribution >= 4 is 5.82 Å². The van der Waals surface area contributed by atoms with Crippen LogP contribution in [0.15, 0.2) is 12.1 Å². The van der Waals surface area contributed by atoms with Crippen LogP contribution in [0.2, 0.25) is 0 Å². The summed E-state index contributed by atoms with van der Waals surface area (Å²) < 4.78 is 13.7. The van der Waals surface area contributed by atoms with Gasteiger partial charge in [0, 0.05) is 24.8 Å². The van der Waals surface area contributed by atoms with Gasteiger partial charge in [0.2, 0.25) is 0 Å². The second kappa shape index (κ2) is 5.25. The molecule has 2 unspecified atom stereocenters. The molecule has 2 heterocycles. The van der Waals surface area contributed by atoms with Crippen LogP contribution in [-0.2, 0) is 0 Å². The molecule has 18 heavy (non-hydrogen) atoms. The maximum Gasteiger partial charge on any atom is 0.131 e. The number of nitrogens with zero attached hydrogens (tertiary/aromatic N) is 2. The van der Waals surface area contributed by atoms with Crippen molar-refractivity contribution < 1.29 is 4.39 Å². The molecule has 0 spiro atoms. The molecule has 0 amide bonds. The molecule has 2 atom stereocenters. The van der Waals surface area contributed by atoms with Crippen LogP contribution >= 0.6 is 0 Å². The fraction of sp³-hybridized carbons (Fsp3) is 0.667. The predicted octanol–water partition coefficient (Wildman–Crippen LogP) is 3.83. The fourth-order valence-electron chi connectivity index (χ4n) is 2.81. The van der Waals surface area contributed by atoms with Crippen LogP contribution in [0.5, 0.6) is 0 Å². The van der Waals surface area contributed by atoms with E-state index in [1.165, 1.54) is 6.42 Å². The van der Waals surface area contributed by atoms with E-state index in [2.05, 4.69) is 23.7 Å². The molecule has 2 rings (SSSR count). The van der Waals surface area contributed by atoms with Gasteiger partial charge >= 0.3 is 0 Å². The van der Waals surface area contributed by atoms with E-state index in [0.29, 0.717) is 11.8 Å². The third-order valence-electron chi connectivity index (χ3n) is 3.58. The Bertz CT molecular complexity index is 407. The van der Waals surface area contributed by atoms with Crippen molar-refractivity contribution in [1.29, 1.82) is 0 Å². The van der Waals surface area contributed by atoms with E-state index in [4.69, 9.17) is 0 Å². The van der Waals surface area contributed by atoms with Gasteiger partial charge in [-0.05, 0) is 30.2 Å². The monoisotopic (exact) mass is 250 g/mol. The Labute approximate surface area is 109 Å². The Morgan fingerprint density at radius 3 is 2.39 bits per heavy atom. The van der Waals surface area contributed by atoms with E-state index in [9.17, 15) is 4.39 Å². The summed E-state index contributed by atoms with van der Waals surface area (Å²) in [5, 5.41) is 0.